The molecule has 1 aliphatic heterocycles. The molecule has 8 heteroatoms. The number of aliphatic hydroxyl groups is 2. The Morgan fingerprint density at radius 2 is 2.26 bits per heavy atom. The summed E-state index contributed by atoms with van der Waals surface area (Å²) in [5.74, 6) is 0.936. The van der Waals surface area contributed by atoms with Crippen molar-refractivity contribution < 1.29 is 14.9 Å². The van der Waals surface area contributed by atoms with Gasteiger partial charge >= 0.3 is 5.69 Å². The second kappa shape index (κ2) is 8.14. The lowest BCUT2D eigenvalue weighted by Crippen LogP contribution is -2.36. The molecule has 1 aromatic heterocycles. The molecule has 130 valence electrons. The molecule has 2 heterocycles. The predicted molar refractivity (Wildman–Crippen MR) is 88.8 cm³/mol. The van der Waals surface area contributed by atoms with E-state index in [4.69, 9.17) is 4.74 Å². The molecule has 0 amide bonds. The number of hydrogen-bond acceptors (Lipinski definition) is 6. The van der Waals surface area contributed by atoms with Crippen molar-refractivity contribution in [3.8, 4) is 0 Å². The molecule has 1 saturated heterocycles. The van der Waals surface area contributed by atoms with Gasteiger partial charge in [-0.25, -0.2) is 4.79 Å². The fraction of sp³-hybridized carbons (Fsp3) is 0.733. The van der Waals surface area contributed by atoms with Gasteiger partial charge in [0.25, 0.3) is 5.56 Å². The Balaban J connectivity index is 2.20. The number of H-pyrrole nitrogens is 1. The summed E-state index contributed by atoms with van der Waals surface area (Å²) >= 11 is 1.69. The molecule has 1 unspecified atom stereocenters. The number of aromatic amines is 1. The minimum absolute atomic E-state index is 0.00664. The minimum Gasteiger partial charge on any atom is -0.394 e. The van der Waals surface area contributed by atoms with E-state index in [0.717, 1.165) is 18.6 Å². The van der Waals surface area contributed by atoms with Crippen LogP contribution in [0.1, 0.15) is 38.0 Å². The van der Waals surface area contributed by atoms with E-state index >= 15 is 0 Å². The van der Waals surface area contributed by atoms with Crippen LogP contribution in [0.25, 0.3) is 0 Å². The Morgan fingerprint density at radius 1 is 1.52 bits per heavy atom. The molecule has 0 saturated carbocycles. The van der Waals surface area contributed by atoms with Crippen LogP contribution in [0.3, 0.4) is 0 Å². The number of aryl methyl sites for hydroxylation is 1. The zero-order chi connectivity index (χ0) is 17.0. The predicted octanol–water partition coefficient (Wildman–Crippen LogP) is 0.388. The summed E-state index contributed by atoms with van der Waals surface area (Å²) in [6, 6.07) is 0. The van der Waals surface area contributed by atoms with E-state index in [-0.39, 0.29) is 11.9 Å². The van der Waals surface area contributed by atoms with Gasteiger partial charge in [0.15, 0.2) is 0 Å². The third-order valence-corrected chi connectivity index (χ3v) is 5.38. The molecule has 3 N–H and O–H groups in total. The molecular weight excluding hydrogens is 320 g/mol. The van der Waals surface area contributed by atoms with Crippen LogP contribution in [0.15, 0.2) is 15.8 Å². The molecule has 0 bridgehead atoms. The molecule has 0 spiro atoms. The molecule has 4 atom stereocenters. The number of aromatic nitrogens is 2. The maximum Gasteiger partial charge on any atom is 0.330 e. The van der Waals surface area contributed by atoms with Gasteiger partial charge in [-0.3, -0.25) is 14.3 Å². The van der Waals surface area contributed by atoms with Crippen LogP contribution in [0.5, 0.6) is 0 Å². The molecule has 1 aliphatic rings. The Bertz CT molecular complexity index is 629. The van der Waals surface area contributed by atoms with Crippen molar-refractivity contribution in [2.45, 2.75) is 56.8 Å². The number of ether oxygens (including phenoxy) is 1. The summed E-state index contributed by atoms with van der Waals surface area (Å²) in [4.78, 5) is 25.7. The third kappa shape index (κ3) is 4.26. The lowest BCUT2D eigenvalue weighted by molar-refractivity contribution is -0.0741. The number of nitrogens with zero attached hydrogens (tertiary/aromatic N) is 1. The van der Waals surface area contributed by atoms with Crippen molar-refractivity contribution in [3.05, 3.63) is 32.6 Å². The summed E-state index contributed by atoms with van der Waals surface area (Å²) in [5, 5.41) is 19.2. The van der Waals surface area contributed by atoms with E-state index in [1.54, 1.807) is 18.7 Å². The van der Waals surface area contributed by atoms with Crippen LogP contribution in [-0.2, 0) is 4.74 Å². The van der Waals surface area contributed by atoms with Crippen molar-refractivity contribution >= 4 is 11.8 Å². The number of thioether (sulfide) groups is 1. The van der Waals surface area contributed by atoms with Crippen molar-refractivity contribution in [1.82, 2.24) is 9.55 Å². The van der Waals surface area contributed by atoms with Gasteiger partial charge in [0.1, 0.15) is 18.4 Å². The van der Waals surface area contributed by atoms with E-state index in [1.807, 2.05) is 0 Å². The van der Waals surface area contributed by atoms with Gasteiger partial charge in [-0.05, 0) is 19.1 Å². The summed E-state index contributed by atoms with van der Waals surface area (Å²) in [6.45, 7) is 3.34. The fourth-order valence-corrected chi connectivity index (χ4v) is 4.11. The van der Waals surface area contributed by atoms with Gasteiger partial charge in [-0.1, -0.05) is 13.3 Å². The monoisotopic (exact) mass is 344 g/mol. The van der Waals surface area contributed by atoms with E-state index in [2.05, 4.69) is 11.9 Å². The normalized spacial score (nSPS) is 25.7. The Labute approximate surface area is 138 Å². The highest BCUT2D eigenvalue weighted by molar-refractivity contribution is 7.99. The van der Waals surface area contributed by atoms with E-state index in [1.165, 1.54) is 10.8 Å². The maximum atomic E-state index is 12.0. The van der Waals surface area contributed by atoms with E-state index in [0.29, 0.717) is 12.0 Å². The molecule has 2 rings (SSSR count). The molecule has 0 aliphatic carbocycles. The molecule has 1 fully saturated rings. The topological polar surface area (TPSA) is 105 Å². The lowest BCUT2D eigenvalue weighted by Gasteiger charge is -2.22. The molecule has 7 nitrogen and oxygen atoms in total. The van der Waals surface area contributed by atoms with E-state index < -0.39 is 29.7 Å². The van der Waals surface area contributed by atoms with Crippen molar-refractivity contribution in [3.63, 3.8) is 0 Å². The number of nitrogens with one attached hydrogen (secondary N) is 1. The van der Waals surface area contributed by atoms with Crippen LogP contribution in [0.4, 0.5) is 0 Å². The largest absolute Gasteiger partial charge is 0.394 e. The van der Waals surface area contributed by atoms with Gasteiger partial charge in [0.05, 0.1) is 6.61 Å². The quantitative estimate of drug-likeness (QED) is 0.618. The Kier molecular flexibility index (Phi) is 6.46. The molecule has 0 aromatic carbocycles. The van der Waals surface area contributed by atoms with Crippen molar-refractivity contribution in [2.75, 3.05) is 12.4 Å². The smallest absolute Gasteiger partial charge is 0.330 e. The van der Waals surface area contributed by atoms with Gasteiger partial charge in [-0.2, -0.15) is 11.8 Å². The number of hydrogen-bond donors (Lipinski definition) is 3. The average molecular weight is 344 g/mol. The van der Waals surface area contributed by atoms with Crippen molar-refractivity contribution in [2.24, 2.45) is 0 Å². The van der Waals surface area contributed by atoms with Crippen LogP contribution in [0.2, 0.25) is 0 Å². The molecule has 0 radical (unpaired) electrons. The first-order valence-corrected chi connectivity index (χ1v) is 8.90. The molecular formula is C15H24N2O5S. The fourth-order valence-electron chi connectivity index (χ4n) is 2.62. The minimum atomic E-state index is -0.987. The van der Waals surface area contributed by atoms with Gasteiger partial charge in [0, 0.05) is 23.4 Å². The van der Waals surface area contributed by atoms with Crippen LogP contribution in [-0.4, -0.2) is 49.6 Å². The highest BCUT2D eigenvalue weighted by Gasteiger charge is 2.40. The first-order valence-electron chi connectivity index (χ1n) is 7.86. The first kappa shape index (κ1) is 18.3. The van der Waals surface area contributed by atoms with Crippen LogP contribution >= 0.6 is 11.8 Å². The van der Waals surface area contributed by atoms with E-state index in [9.17, 15) is 19.8 Å². The van der Waals surface area contributed by atoms with Crippen LogP contribution < -0.4 is 11.2 Å². The third-order valence-electron chi connectivity index (χ3n) is 3.97. The summed E-state index contributed by atoms with van der Waals surface area (Å²) < 4.78 is 7.18. The SMILES string of the molecule is CCCCS[C@@H]1CC(n2cc(C)c(=O)[nH]c2=O)O[C@@H]1[C@H](O)CO. The second-order valence-electron chi connectivity index (χ2n) is 5.78. The van der Waals surface area contributed by atoms with Gasteiger partial charge in [0.2, 0.25) is 0 Å². The van der Waals surface area contributed by atoms with Gasteiger partial charge < -0.3 is 14.9 Å². The Morgan fingerprint density at radius 3 is 2.91 bits per heavy atom. The summed E-state index contributed by atoms with van der Waals surface area (Å²) in [6.07, 6.45) is 2.09. The number of unbranched alkanes of at least 4 members (excludes halogenated alkanes) is 1. The van der Waals surface area contributed by atoms with Gasteiger partial charge in [-0.15, -0.1) is 0 Å². The summed E-state index contributed by atoms with van der Waals surface area (Å²) in [5.41, 5.74) is -0.512. The lowest BCUT2D eigenvalue weighted by atomic mass is 10.1. The second-order valence-corrected chi connectivity index (χ2v) is 7.13. The van der Waals surface area contributed by atoms with Crippen molar-refractivity contribution in [1.29, 1.82) is 0 Å². The summed E-state index contributed by atoms with van der Waals surface area (Å²) in [7, 11) is 0. The van der Waals surface area contributed by atoms with Crippen LogP contribution in [0, 0.1) is 6.92 Å². The molecule has 1 aromatic rings. The highest BCUT2D eigenvalue weighted by atomic mass is 32.2. The first-order chi connectivity index (χ1) is 11.0. The standard InChI is InChI=1S/C15H24N2O5S/c1-3-4-5-23-11-6-12(22-13(11)10(19)8-18)17-7-9(2)14(20)16-15(17)21/h7,10-13,18-19H,3-6,8H2,1-2H3,(H,16,20,21)/t10-,11-,12?,13-/m1/s1. The number of rotatable bonds is 7. The Hall–Kier alpha value is -1.09. The molecule has 23 heavy (non-hydrogen) atoms. The average Bonchev–Trinajstić information content (AvgIpc) is 2.94. The zero-order valence-electron chi connectivity index (χ0n) is 13.4. The highest BCUT2D eigenvalue weighted by Crippen LogP contribution is 2.37. The number of aliphatic hydroxyl groups excluding tert-OH is 2. The zero-order valence-corrected chi connectivity index (χ0v) is 14.2. The maximum absolute atomic E-state index is 12.0.